The minimum Gasteiger partial charge on any atom is -0.388 e. The van der Waals surface area contributed by atoms with E-state index in [9.17, 15) is 18.0 Å². The van der Waals surface area contributed by atoms with Gasteiger partial charge in [0.15, 0.2) is 0 Å². The van der Waals surface area contributed by atoms with Crippen molar-refractivity contribution in [1.29, 1.82) is 0 Å². The highest BCUT2D eigenvalue weighted by Gasteiger charge is 2.20. The molecule has 8 nitrogen and oxygen atoms in total. The second-order valence-corrected chi connectivity index (χ2v) is 11.3. The van der Waals surface area contributed by atoms with Gasteiger partial charge in [0.25, 0.3) is 15.6 Å². The van der Waals surface area contributed by atoms with E-state index in [1.165, 1.54) is 10.6 Å². The Balaban J connectivity index is 1.54. The van der Waals surface area contributed by atoms with Gasteiger partial charge in [0.1, 0.15) is 4.21 Å². The first-order chi connectivity index (χ1) is 16.1. The number of hydrogen-bond acceptors (Lipinski definition) is 7. The summed E-state index contributed by atoms with van der Waals surface area (Å²) in [6.07, 6.45) is 1.64. The zero-order valence-corrected chi connectivity index (χ0v) is 21.1. The molecular weight excluding hydrogens is 492 g/mol. The quantitative estimate of drug-likeness (QED) is 0.293. The van der Waals surface area contributed by atoms with E-state index in [-0.39, 0.29) is 9.77 Å². The number of hydrogen-bond donors (Lipinski definition) is 4. The van der Waals surface area contributed by atoms with Crippen LogP contribution in [0.5, 0.6) is 0 Å². The fraction of sp³-hybridized carbons (Fsp3) is 0.130. The fourth-order valence-electron chi connectivity index (χ4n) is 3.38. The number of nitrogens with one attached hydrogen (secondary N) is 3. The molecule has 11 heteroatoms. The van der Waals surface area contributed by atoms with Crippen LogP contribution in [0.4, 0.5) is 16.2 Å². The van der Waals surface area contributed by atoms with Crippen molar-refractivity contribution in [2.24, 2.45) is 0 Å². The zero-order valence-electron chi connectivity index (χ0n) is 18.5. The molecule has 2 amide bonds. The predicted octanol–water partition coefficient (Wildman–Crippen LogP) is 4.51. The van der Waals surface area contributed by atoms with Gasteiger partial charge in [0.2, 0.25) is 0 Å². The Morgan fingerprint density at radius 1 is 1.00 bits per heavy atom. The number of carbonyl (C=O) groups is 1. The summed E-state index contributed by atoms with van der Waals surface area (Å²) in [5.41, 5.74) is 2.45. The van der Waals surface area contributed by atoms with Crippen molar-refractivity contribution in [1.82, 2.24) is 9.29 Å². The molecule has 2 aromatic heterocycles. The molecule has 0 unspecified atom stereocenters. The smallest absolute Gasteiger partial charge is 0.333 e. The Hall–Kier alpha value is -3.28. The van der Waals surface area contributed by atoms with Crippen molar-refractivity contribution in [3.8, 4) is 5.69 Å². The third kappa shape index (κ3) is 4.67. The number of urea groups is 1. The molecule has 0 aliphatic heterocycles. The molecule has 0 fully saturated rings. The Morgan fingerprint density at radius 3 is 2.29 bits per heavy atom. The van der Waals surface area contributed by atoms with Crippen LogP contribution in [0, 0.1) is 13.8 Å². The number of anilines is 2. The average Bonchev–Trinajstić information content (AvgIpc) is 3.15. The number of thiophene rings is 1. The van der Waals surface area contributed by atoms with Crippen LogP contribution < -0.4 is 20.9 Å². The number of sulfonamides is 1. The Labute approximate surface area is 206 Å². The highest BCUT2D eigenvalue weighted by molar-refractivity contribution is 7.92. The molecule has 0 saturated heterocycles. The summed E-state index contributed by atoms with van der Waals surface area (Å²) < 4.78 is 28.5. The van der Waals surface area contributed by atoms with Crippen LogP contribution in [0.25, 0.3) is 16.5 Å². The Kier molecular flexibility index (Phi) is 6.43. The van der Waals surface area contributed by atoms with E-state index in [0.29, 0.717) is 21.7 Å². The van der Waals surface area contributed by atoms with Gasteiger partial charge in [-0.05, 0) is 67.9 Å². The van der Waals surface area contributed by atoms with Crippen molar-refractivity contribution in [3.63, 3.8) is 0 Å². The third-order valence-electron chi connectivity index (χ3n) is 5.32. The van der Waals surface area contributed by atoms with Crippen LogP contribution in [-0.4, -0.2) is 26.1 Å². The molecule has 0 atom stereocenters. The summed E-state index contributed by atoms with van der Waals surface area (Å²) in [5, 5.41) is 6.81. The predicted molar refractivity (Wildman–Crippen MR) is 139 cm³/mol. The number of thiol groups is 1. The summed E-state index contributed by atoms with van der Waals surface area (Å²) in [7, 11) is -2.17. The molecule has 4 aromatic rings. The number of benzene rings is 2. The highest BCUT2D eigenvalue weighted by atomic mass is 32.2. The van der Waals surface area contributed by atoms with E-state index < -0.39 is 16.1 Å². The van der Waals surface area contributed by atoms with Crippen LogP contribution in [0.2, 0.25) is 0 Å². The van der Waals surface area contributed by atoms with Gasteiger partial charge in [0, 0.05) is 50.9 Å². The largest absolute Gasteiger partial charge is 0.388 e. The van der Waals surface area contributed by atoms with Gasteiger partial charge in [-0.1, -0.05) is 0 Å². The van der Waals surface area contributed by atoms with Crippen LogP contribution in [-0.2, 0) is 10.0 Å². The topological polar surface area (TPSA) is 109 Å². The normalized spacial score (nSPS) is 11.4. The van der Waals surface area contributed by atoms with Crippen molar-refractivity contribution in [2.75, 3.05) is 17.7 Å². The lowest BCUT2D eigenvalue weighted by Crippen LogP contribution is -2.33. The third-order valence-corrected chi connectivity index (χ3v) is 8.64. The van der Waals surface area contributed by atoms with E-state index in [1.54, 1.807) is 43.6 Å². The maximum atomic E-state index is 13.0. The van der Waals surface area contributed by atoms with Crippen LogP contribution in [0.1, 0.15) is 10.4 Å². The molecular formula is C23H22N4O4S3. The minimum absolute atomic E-state index is 0.0769. The molecule has 0 aliphatic carbocycles. The van der Waals surface area contributed by atoms with Gasteiger partial charge in [-0.15, -0.1) is 24.0 Å². The molecule has 0 spiro atoms. The summed E-state index contributed by atoms with van der Waals surface area (Å²) in [6, 6.07) is 12.5. The maximum Gasteiger partial charge on any atom is 0.333 e. The first-order valence-corrected chi connectivity index (χ1v) is 12.9. The molecule has 0 saturated carbocycles. The van der Waals surface area contributed by atoms with Crippen molar-refractivity contribution in [3.05, 3.63) is 75.5 Å². The molecule has 176 valence electrons. The summed E-state index contributed by atoms with van der Waals surface area (Å²) >= 11 is 5.64. The molecule has 0 bridgehead atoms. The van der Waals surface area contributed by atoms with Gasteiger partial charge in [-0.2, -0.15) is 0 Å². The van der Waals surface area contributed by atoms with Gasteiger partial charge >= 0.3 is 6.03 Å². The number of fused-ring (bicyclic) bond motifs is 1. The molecule has 0 aliphatic rings. The highest BCUT2D eigenvalue weighted by Crippen LogP contribution is 2.26. The number of pyridine rings is 1. The SMILES string of the molecule is CNc1ccc2c(=O)n(-c3ccc(NC(=O)NS(=O)(=O)c4cc(C)c(C)s4)cc3)cc(S)c2c1. The number of carbonyl (C=O) groups excluding carboxylic acids is 1. The first-order valence-electron chi connectivity index (χ1n) is 10.2. The number of aromatic nitrogens is 1. The van der Waals surface area contributed by atoms with E-state index >= 15 is 0 Å². The fourth-order valence-corrected chi connectivity index (χ4v) is 6.10. The zero-order chi connectivity index (χ0) is 24.6. The average molecular weight is 515 g/mol. The molecule has 3 N–H and O–H groups in total. The molecule has 0 radical (unpaired) electrons. The van der Waals surface area contributed by atoms with Crippen LogP contribution in [0.15, 0.2) is 68.6 Å². The van der Waals surface area contributed by atoms with Crippen LogP contribution in [0.3, 0.4) is 0 Å². The summed E-state index contributed by atoms with van der Waals surface area (Å²) in [4.78, 5) is 26.8. The van der Waals surface area contributed by atoms with E-state index in [0.717, 1.165) is 32.9 Å². The van der Waals surface area contributed by atoms with E-state index in [1.807, 2.05) is 30.7 Å². The minimum atomic E-state index is -3.97. The Morgan fingerprint density at radius 2 is 1.68 bits per heavy atom. The Bertz CT molecular complexity index is 1550. The molecule has 2 aromatic carbocycles. The summed E-state index contributed by atoms with van der Waals surface area (Å²) in [5.74, 6) is 0. The maximum absolute atomic E-state index is 13.0. The van der Waals surface area contributed by atoms with Gasteiger partial charge < -0.3 is 10.6 Å². The summed E-state index contributed by atoms with van der Waals surface area (Å²) in [6.45, 7) is 3.63. The number of amides is 2. The van der Waals surface area contributed by atoms with Crippen molar-refractivity contribution in [2.45, 2.75) is 23.0 Å². The monoisotopic (exact) mass is 514 g/mol. The standard InChI is InChI=1S/C23H22N4O4S3/c1-13-10-21(33-14(13)2)34(30,31)26-23(29)25-15-4-7-17(8-5-15)27-12-20(32)19-11-16(24-3)6-9-18(19)22(27)28/h4-12,24,32H,1-3H3,(H2,25,26,29). The van der Waals surface area contributed by atoms with E-state index in [2.05, 4.69) is 23.3 Å². The lowest BCUT2D eigenvalue weighted by atomic mass is 10.1. The van der Waals surface area contributed by atoms with Gasteiger partial charge in [-0.25, -0.2) is 17.9 Å². The second-order valence-electron chi connectivity index (χ2n) is 7.61. The van der Waals surface area contributed by atoms with Crippen LogP contribution >= 0.6 is 24.0 Å². The number of nitrogens with zero attached hydrogens (tertiary/aromatic N) is 1. The van der Waals surface area contributed by atoms with E-state index in [4.69, 9.17) is 0 Å². The number of rotatable bonds is 5. The van der Waals surface area contributed by atoms with Crippen molar-refractivity contribution < 1.29 is 13.2 Å². The first kappa shape index (κ1) is 23.9. The molecule has 4 rings (SSSR count). The van der Waals surface area contributed by atoms with Gasteiger partial charge in [0.05, 0.1) is 0 Å². The van der Waals surface area contributed by atoms with Crippen molar-refractivity contribution >= 4 is 62.2 Å². The number of aryl methyl sites for hydroxylation is 2. The molecule has 2 heterocycles. The lowest BCUT2D eigenvalue weighted by Gasteiger charge is -2.12. The second kappa shape index (κ2) is 9.16. The van der Waals surface area contributed by atoms with Gasteiger partial charge in [-0.3, -0.25) is 9.36 Å². The lowest BCUT2D eigenvalue weighted by molar-refractivity contribution is 0.256. The molecule has 34 heavy (non-hydrogen) atoms.